The zero-order chi connectivity index (χ0) is 11.5. The fraction of sp³-hybridized carbons (Fsp3) is 0.200. The van der Waals surface area contributed by atoms with Gasteiger partial charge >= 0.3 is 0 Å². The van der Waals surface area contributed by atoms with E-state index in [2.05, 4.69) is 26.6 Å². The molecular weight excluding hydrogens is 276 g/mol. The van der Waals surface area contributed by atoms with Crippen molar-refractivity contribution in [1.82, 2.24) is 5.32 Å². The lowest BCUT2D eigenvalue weighted by molar-refractivity contribution is -0.118. The van der Waals surface area contributed by atoms with Crippen molar-refractivity contribution in [1.29, 1.82) is 0 Å². The molecule has 0 atom stereocenters. The molecule has 1 aliphatic rings. The van der Waals surface area contributed by atoms with Crippen LogP contribution in [0.25, 0.3) is 0 Å². The predicted molar refractivity (Wildman–Crippen MR) is 61.7 cm³/mol. The van der Waals surface area contributed by atoms with E-state index in [4.69, 9.17) is 4.74 Å². The van der Waals surface area contributed by atoms with E-state index in [0.717, 1.165) is 5.56 Å². The fourth-order valence-electron chi connectivity index (χ4n) is 1.41. The number of amides is 2. The number of benzene rings is 1. The third-order valence-electron chi connectivity index (χ3n) is 2.11. The highest BCUT2D eigenvalue weighted by atomic mass is 79.9. The van der Waals surface area contributed by atoms with E-state index in [1.54, 1.807) is 12.1 Å². The van der Waals surface area contributed by atoms with Crippen molar-refractivity contribution in [2.75, 3.05) is 11.9 Å². The minimum atomic E-state index is -0.273. The number of nitrogens with one attached hydrogen (secondary N) is 2. The average Bonchev–Trinajstić information content (AvgIpc) is 2.25. The fourth-order valence-corrected chi connectivity index (χ4v) is 1.55. The summed E-state index contributed by atoms with van der Waals surface area (Å²) in [7, 11) is 0. The van der Waals surface area contributed by atoms with Gasteiger partial charge in [0.15, 0.2) is 6.61 Å². The summed E-state index contributed by atoms with van der Waals surface area (Å²) in [5.74, 6) is 0.475. The van der Waals surface area contributed by atoms with E-state index < -0.39 is 0 Å². The van der Waals surface area contributed by atoms with Crippen LogP contribution in [0.4, 0.5) is 10.5 Å². The van der Waals surface area contributed by atoms with E-state index in [-0.39, 0.29) is 17.3 Å². The van der Waals surface area contributed by atoms with E-state index >= 15 is 0 Å². The number of rotatable bonds is 2. The Balaban J connectivity index is 2.14. The highest BCUT2D eigenvalue weighted by Crippen LogP contribution is 2.28. The second kappa shape index (κ2) is 4.52. The summed E-state index contributed by atoms with van der Waals surface area (Å²) in [4.78, 5) is 21.5. The normalized spacial score (nSPS) is 13.4. The van der Waals surface area contributed by atoms with Crippen molar-refractivity contribution in [2.45, 2.75) is 6.54 Å². The molecule has 2 N–H and O–H groups in total. The third kappa shape index (κ3) is 2.52. The summed E-state index contributed by atoms with van der Waals surface area (Å²) in [6.45, 7) is 0.442. The molecule has 1 aromatic carbocycles. The van der Waals surface area contributed by atoms with Crippen LogP contribution >= 0.6 is 15.9 Å². The van der Waals surface area contributed by atoms with Crippen LogP contribution in [0, 0.1) is 0 Å². The molecule has 0 saturated carbocycles. The van der Waals surface area contributed by atoms with Gasteiger partial charge in [-0.25, -0.2) is 0 Å². The van der Waals surface area contributed by atoms with Crippen molar-refractivity contribution >= 4 is 32.3 Å². The van der Waals surface area contributed by atoms with Crippen LogP contribution < -0.4 is 15.4 Å². The Morgan fingerprint density at radius 3 is 3.12 bits per heavy atom. The molecule has 0 spiro atoms. The van der Waals surface area contributed by atoms with Crippen LogP contribution in [0.15, 0.2) is 18.2 Å². The van der Waals surface area contributed by atoms with Crippen molar-refractivity contribution in [3.8, 4) is 5.75 Å². The van der Waals surface area contributed by atoms with Gasteiger partial charge in [-0.1, -0.05) is 6.07 Å². The second-order valence-corrected chi connectivity index (χ2v) is 4.01. The van der Waals surface area contributed by atoms with Crippen LogP contribution in [0.2, 0.25) is 0 Å². The number of hydrogen-bond acceptors (Lipinski definition) is 3. The Kier molecular flexibility index (Phi) is 3.09. The van der Waals surface area contributed by atoms with Gasteiger partial charge in [-0.15, -0.1) is 0 Å². The molecule has 2 rings (SSSR count). The van der Waals surface area contributed by atoms with Crippen molar-refractivity contribution in [3.63, 3.8) is 0 Å². The first-order valence-electron chi connectivity index (χ1n) is 4.64. The molecule has 1 aromatic rings. The SMILES string of the molecule is O=C(Br)NCc1ccc2c(c1)NC(=O)CO2. The standard InChI is InChI=1S/C10H9BrN2O3/c11-10(15)12-4-6-1-2-8-7(3-6)13-9(14)5-16-8/h1-3H,4-5H2,(H,12,15)(H,13,14). The summed E-state index contributed by atoms with van der Waals surface area (Å²) >= 11 is 2.77. The number of carbonyl (C=O) groups excluding carboxylic acids is 2. The summed E-state index contributed by atoms with van der Waals surface area (Å²) < 4.78 is 5.21. The second-order valence-electron chi connectivity index (χ2n) is 3.29. The minimum Gasteiger partial charge on any atom is -0.482 e. The van der Waals surface area contributed by atoms with Crippen LogP contribution in [0.1, 0.15) is 5.56 Å². The number of hydrogen-bond donors (Lipinski definition) is 2. The number of ether oxygens (including phenoxy) is 1. The molecule has 5 nitrogen and oxygen atoms in total. The molecule has 6 heteroatoms. The van der Waals surface area contributed by atoms with Crippen LogP contribution in [-0.2, 0) is 11.3 Å². The largest absolute Gasteiger partial charge is 0.482 e. The summed E-state index contributed by atoms with van der Waals surface area (Å²) in [6, 6.07) is 5.37. The highest BCUT2D eigenvalue weighted by Gasteiger charge is 2.15. The van der Waals surface area contributed by atoms with Gasteiger partial charge in [0, 0.05) is 22.5 Å². The maximum atomic E-state index is 11.1. The van der Waals surface area contributed by atoms with Gasteiger partial charge in [-0.05, 0) is 17.7 Å². The lowest BCUT2D eigenvalue weighted by atomic mass is 10.1. The average molecular weight is 285 g/mol. The molecule has 1 heterocycles. The quantitative estimate of drug-likeness (QED) is 0.641. The van der Waals surface area contributed by atoms with Gasteiger partial charge in [0.1, 0.15) is 5.75 Å². The lowest BCUT2D eigenvalue weighted by Gasteiger charge is -2.18. The van der Waals surface area contributed by atoms with Gasteiger partial charge in [0.05, 0.1) is 5.69 Å². The van der Waals surface area contributed by atoms with Gasteiger partial charge in [0.2, 0.25) is 0 Å². The Morgan fingerprint density at radius 2 is 2.38 bits per heavy atom. The number of halogens is 1. The van der Waals surface area contributed by atoms with Crippen molar-refractivity contribution < 1.29 is 14.3 Å². The first-order valence-corrected chi connectivity index (χ1v) is 5.43. The summed E-state index contributed by atoms with van der Waals surface area (Å²) in [6.07, 6.45) is 0. The molecule has 0 fully saturated rings. The molecule has 1 aliphatic heterocycles. The zero-order valence-corrected chi connectivity index (χ0v) is 9.83. The number of carbonyl (C=O) groups is 2. The third-order valence-corrected chi connectivity index (χ3v) is 2.39. The number of fused-ring (bicyclic) bond motifs is 1. The maximum Gasteiger partial charge on any atom is 0.287 e. The van der Waals surface area contributed by atoms with Crippen molar-refractivity contribution in [2.24, 2.45) is 0 Å². The first-order chi connectivity index (χ1) is 7.65. The van der Waals surface area contributed by atoms with E-state index in [9.17, 15) is 9.59 Å². The minimum absolute atomic E-state index is 0.0461. The molecule has 84 valence electrons. The Labute approximate surface area is 100 Å². The molecule has 0 bridgehead atoms. The topological polar surface area (TPSA) is 67.4 Å². The predicted octanol–water partition coefficient (Wildman–Crippen LogP) is 1.62. The Hall–Kier alpha value is -1.56. The molecule has 2 amide bonds. The molecule has 0 saturated heterocycles. The molecule has 16 heavy (non-hydrogen) atoms. The molecule has 0 aliphatic carbocycles. The van der Waals surface area contributed by atoms with E-state index in [1.807, 2.05) is 6.07 Å². The van der Waals surface area contributed by atoms with Gasteiger partial charge < -0.3 is 15.4 Å². The van der Waals surface area contributed by atoms with Crippen molar-refractivity contribution in [3.05, 3.63) is 23.8 Å². The lowest BCUT2D eigenvalue weighted by Crippen LogP contribution is -2.25. The maximum absolute atomic E-state index is 11.1. The molecule has 0 radical (unpaired) electrons. The zero-order valence-electron chi connectivity index (χ0n) is 8.25. The summed E-state index contributed by atoms with van der Waals surface area (Å²) in [5, 5.41) is 5.30. The monoisotopic (exact) mass is 284 g/mol. The first kappa shape index (κ1) is 10.9. The Morgan fingerprint density at radius 1 is 1.56 bits per heavy atom. The Bertz CT molecular complexity index is 448. The van der Waals surface area contributed by atoms with E-state index in [1.165, 1.54) is 0 Å². The summed E-state index contributed by atoms with van der Waals surface area (Å²) in [5.41, 5.74) is 1.52. The molecule has 0 unspecified atom stereocenters. The van der Waals surface area contributed by atoms with Crippen LogP contribution in [0.3, 0.4) is 0 Å². The van der Waals surface area contributed by atoms with Crippen LogP contribution in [0.5, 0.6) is 5.75 Å². The number of anilines is 1. The van der Waals surface area contributed by atoms with Gasteiger partial charge in [0.25, 0.3) is 10.7 Å². The van der Waals surface area contributed by atoms with Crippen LogP contribution in [-0.4, -0.2) is 17.3 Å². The van der Waals surface area contributed by atoms with Gasteiger partial charge in [-0.2, -0.15) is 0 Å². The highest BCUT2D eigenvalue weighted by molar-refractivity contribution is 9.18. The van der Waals surface area contributed by atoms with E-state index in [0.29, 0.717) is 18.0 Å². The smallest absolute Gasteiger partial charge is 0.287 e. The van der Waals surface area contributed by atoms with Gasteiger partial charge in [-0.3, -0.25) is 9.59 Å². The molecular formula is C10H9BrN2O3. The molecule has 0 aromatic heterocycles.